The van der Waals surface area contributed by atoms with Crippen molar-refractivity contribution < 1.29 is 48.3 Å². The second kappa shape index (κ2) is 4.67. The molecule has 108 valence electrons. The molecule has 12 heteroatoms. The summed E-state index contributed by atoms with van der Waals surface area (Å²) in [6, 6.07) is 0. The van der Waals surface area contributed by atoms with Crippen molar-refractivity contribution in [2.45, 2.75) is 22.0 Å². The highest BCUT2D eigenvalue weighted by atomic mass is 127. The van der Waals surface area contributed by atoms with Crippen LogP contribution in [0.2, 0.25) is 0 Å². The van der Waals surface area contributed by atoms with Gasteiger partial charge in [-0.05, 0) is 0 Å². The van der Waals surface area contributed by atoms with E-state index in [0.717, 1.165) is 0 Å². The van der Waals surface area contributed by atoms with E-state index in [2.05, 4.69) is 0 Å². The fourth-order valence-electron chi connectivity index (χ4n) is 0.685. The van der Waals surface area contributed by atoms with Gasteiger partial charge in [-0.15, -0.1) is 0 Å². The zero-order valence-corrected chi connectivity index (χ0v) is 9.69. The van der Waals surface area contributed by atoms with Crippen LogP contribution in [0, 0.1) is 0 Å². The maximum Gasteiger partial charge on any atom is 0.438 e. The fraction of sp³-hybridized carbons (Fsp3) is 0.667. The van der Waals surface area contributed by atoms with Gasteiger partial charge < -0.3 is 0 Å². The predicted molar refractivity (Wildman–Crippen MR) is 44.2 cm³/mol. The van der Waals surface area contributed by atoms with Crippen LogP contribution in [0.25, 0.3) is 0 Å². The lowest BCUT2D eigenvalue weighted by molar-refractivity contribution is -0.332. The van der Waals surface area contributed by atoms with Gasteiger partial charge in [-0.2, -0.15) is 35.1 Å². The van der Waals surface area contributed by atoms with Gasteiger partial charge in [0.2, 0.25) is 5.83 Å². The van der Waals surface area contributed by atoms with Crippen molar-refractivity contribution >= 4 is 22.6 Å². The minimum absolute atomic E-state index is 0.293. The molecule has 0 heterocycles. The highest BCUT2D eigenvalue weighted by Gasteiger charge is 2.77. The van der Waals surface area contributed by atoms with Gasteiger partial charge in [0.15, 0.2) is 5.83 Å². The second-order valence-corrected chi connectivity index (χ2v) is 4.13. The molecule has 0 nitrogen and oxygen atoms in total. The van der Waals surface area contributed by atoms with Gasteiger partial charge in [0.25, 0.3) is 0 Å². The maximum absolute atomic E-state index is 12.7. The SMILES string of the molecule is F/C(=C(\F)C(F)(C(F)(F)F)C(F)(F)F)C(F)(F)I. The lowest BCUT2D eigenvalue weighted by atomic mass is 10.0. The van der Waals surface area contributed by atoms with Crippen molar-refractivity contribution in [3.8, 4) is 0 Å². The van der Waals surface area contributed by atoms with Crippen LogP contribution in [-0.2, 0) is 0 Å². The fourth-order valence-corrected chi connectivity index (χ4v) is 0.922. The zero-order valence-electron chi connectivity index (χ0n) is 7.54. The van der Waals surface area contributed by atoms with Crippen molar-refractivity contribution in [1.29, 1.82) is 0 Å². The maximum atomic E-state index is 12.7. The summed E-state index contributed by atoms with van der Waals surface area (Å²) in [4.78, 5) is 0. The van der Waals surface area contributed by atoms with Crippen LogP contribution in [0.4, 0.5) is 48.3 Å². The Morgan fingerprint density at radius 3 is 1.06 bits per heavy atom. The quantitative estimate of drug-likeness (QED) is 0.343. The molecule has 0 aliphatic rings. The van der Waals surface area contributed by atoms with Crippen molar-refractivity contribution in [2.24, 2.45) is 0 Å². The molecule has 0 aromatic carbocycles. The topological polar surface area (TPSA) is 0 Å². The van der Waals surface area contributed by atoms with Crippen LogP contribution < -0.4 is 0 Å². The molecule has 0 fully saturated rings. The molecular weight excluding hydrogens is 408 g/mol. The largest absolute Gasteiger partial charge is 0.438 e. The summed E-state index contributed by atoms with van der Waals surface area (Å²) in [5, 5.41) is 0. The number of hydrogen-bond acceptors (Lipinski definition) is 0. The molecule has 0 aliphatic heterocycles. The van der Waals surface area contributed by atoms with E-state index in [1.54, 1.807) is 0 Å². The third kappa shape index (κ3) is 2.99. The molecule has 0 radical (unpaired) electrons. The van der Waals surface area contributed by atoms with E-state index in [4.69, 9.17) is 0 Å². The number of rotatable bonds is 2. The Hall–Kier alpha value is -0.300. The third-order valence-corrected chi connectivity index (χ3v) is 2.00. The number of halogens is 12. The molecule has 0 aromatic rings. The Morgan fingerprint density at radius 1 is 0.611 bits per heavy atom. The van der Waals surface area contributed by atoms with Crippen LogP contribution in [0.15, 0.2) is 11.7 Å². The monoisotopic (exact) mass is 408 g/mol. The average Bonchev–Trinajstić information content (AvgIpc) is 2.08. The summed E-state index contributed by atoms with van der Waals surface area (Å²) < 4.78 is 128. The average molecular weight is 408 g/mol. The van der Waals surface area contributed by atoms with Crippen molar-refractivity contribution in [3.63, 3.8) is 0 Å². The molecule has 18 heavy (non-hydrogen) atoms. The Balaban J connectivity index is 6.13. The van der Waals surface area contributed by atoms with E-state index >= 15 is 0 Å². The second-order valence-electron chi connectivity index (χ2n) is 2.78. The molecule has 0 saturated heterocycles. The van der Waals surface area contributed by atoms with E-state index in [1.807, 2.05) is 0 Å². The normalized spacial score (nSPS) is 16.7. The molecule has 0 rings (SSSR count). The highest BCUT2D eigenvalue weighted by molar-refractivity contribution is 14.1. The number of alkyl halides is 10. The minimum atomic E-state index is -6.99. The van der Waals surface area contributed by atoms with Crippen molar-refractivity contribution in [1.82, 2.24) is 0 Å². The van der Waals surface area contributed by atoms with Crippen molar-refractivity contribution in [3.05, 3.63) is 11.7 Å². The Bertz CT molecular complexity index is 328. The van der Waals surface area contributed by atoms with Gasteiger partial charge in [0.05, 0.1) is 0 Å². The first-order valence-corrected chi connectivity index (χ1v) is 4.60. The molecule has 0 N–H and O–H groups in total. The summed E-state index contributed by atoms with van der Waals surface area (Å²) in [7, 11) is 0. The van der Waals surface area contributed by atoms with Gasteiger partial charge in [0, 0.05) is 22.6 Å². The molecular formula is C6F11I. The van der Waals surface area contributed by atoms with Crippen LogP contribution in [-0.4, -0.2) is 22.0 Å². The molecule has 0 aromatic heterocycles. The van der Waals surface area contributed by atoms with E-state index in [1.165, 1.54) is 0 Å². The van der Waals surface area contributed by atoms with Crippen LogP contribution in [0.3, 0.4) is 0 Å². The summed E-state index contributed by atoms with van der Waals surface area (Å²) in [6.45, 7) is 0. The highest BCUT2D eigenvalue weighted by Crippen LogP contribution is 2.53. The Kier molecular flexibility index (Phi) is 4.59. The van der Waals surface area contributed by atoms with Crippen LogP contribution in [0.1, 0.15) is 0 Å². The first-order chi connectivity index (χ1) is 7.57. The summed E-state index contributed by atoms with van der Waals surface area (Å²) in [5.74, 6) is -8.07. The smallest absolute Gasteiger partial charge is 0.215 e. The molecule has 0 amide bonds. The molecule has 0 aliphatic carbocycles. The van der Waals surface area contributed by atoms with E-state index < -0.39 is 33.6 Å². The summed E-state index contributed by atoms with van der Waals surface area (Å²) in [6.07, 6.45) is -14.0. The Labute approximate surface area is 105 Å². The van der Waals surface area contributed by atoms with Crippen LogP contribution >= 0.6 is 22.6 Å². The van der Waals surface area contributed by atoms with Gasteiger partial charge in [-0.25, -0.2) is 13.2 Å². The first kappa shape index (κ1) is 17.7. The third-order valence-electron chi connectivity index (χ3n) is 1.53. The summed E-state index contributed by atoms with van der Waals surface area (Å²) in [5.41, 5.74) is -6.83. The molecule has 0 spiro atoms. The predicted octanol–water partition coefficient (Wildman–Crippen LogP) is 5.00. The van der Waals surface area contributed by atoms with Gasteiger partial charge in [-0.1, -0.05) is 0 Å². The molecule has 0 bridgehead atoms. The van der Waals surface area contributed by atoms with Gasteiger partial charge >= 0.3 is 22.0 Å². The molecule has 0 unspecified atom stereocenters. The number of hydrogen-bond donors (Lipinski definition) is 0. The van der Waals surface area contributed by atoms with E-state index in [0.29, 0.717) is 0 Å². The van der Waals surface area contributed by atoms with Gasteiger partial charge in [-0.3, -0.25) is 0 Å². The molecule has 0 saturated carbocycles. The standard InChI is InChI=1S/C6F11I/c7-1(2(8)4(10,11)18)3(9,5(12,13)14)6(15,16)17/b2-1-. The van der Waals surface area contributed by atoms with Crippen LogP contribution in [0.5, 0.6) is 0 Å². The Morgan fingerprint density at radius 2 is 0.889 bits per heavy atom. The summed E-state index contributed by atoms with van der Waals surface area (Å²) >= 11 is -0.293. The van der Waals surface area contributed by atoms with Crippen molar-refractivity contribution in [2.75, 3.05) is 0 Å². The molecule has 0 atom stereocenters. The lowest BCUT2D eigenvalue weighted by Crippen LogP contribution is -2.54. The van der Waals surface area contributed by atoms with Gasteiger partial charge in [0.1, 0.15) is 0 Å². The zero-order chi connectivity index (χ0) is 15.2. The minimum Gasteiger partial charge on any atom is -0.215 e. The first-order valence-electron chi connectivity index (χ1n) is 3.52. The lowest BCUT2D eigenvalue weighted by Gasteiger charge is -2.28. The van der Waals surface area contributed by atoms with E-state index in [-0.39, 0.29) is 22.6 Å². The number of allylic oxidation sites excluding steroid dienone is 2. The van der Waals surface area contributed by atoms with E-state index in [9.17, 15) is 48.3 Å².